The lowest BCUT2D eigenvalue weighted by molar-refractivity contribution is 0.0954. The van der Waals surface area contributed by atoms with Crippen molar-refractivity contribution in [2.24, 2.45) is 0 Å². The fraction of sp³-hybridized carbons (Fsp3) is 0.111. The van der Waals surface area contributed by atoms with Crippen LogP contribution in [-0.2, 0) is 6.42 Å². The van der Waals surface area contributed by atoms with Crippen molar-refractivity contribution in [2.45, 2.75) is 6.42 Å². The molecule has 0 unspecified atom stereocenters. The molecule has 0 saturated carbocycles. The topological polar surface area (TPSA) is 99.4 Å². The van der Waals surface area contributed by atoms with Gasteiger partial charge in [0.15, 0.2) is 0 Å². The molecule has 124 valence electrons. The molecule has 0 aliphatic rings. The SMILES string of the molecule is O=C(NCCc1c[nH]c2ccccc12)c1cccc(-c2nn[nH]n2)c1. The summed E-state index contributed by atoms with van der Waals surface area (Å²) in [6.07, 6.45) is 2.76. The molecule has 4 aromatic rings. The lowest BCUT2D eigenvalue weighted by atomic mass is 10.1. The van der Waals surface area contributed by atoms with Gasteiger partial charge in [0.25, 0.3) is 5.91 Å². The van der Waals surface area contributed by atoms with Gasteiger partial charge in [0.1, 0.15) is 0 Å². The van der Waals surface area contributed by atoms with Gasteiger partial charge in [0.05, 0.1) is 0 Å². The third-order valence-corrected chi connectivity index (χ3v) is 4.08. The Hall–Kier alpha value is -3.48. The molecule has 0 saturated heterocycles. The molecule has 0 aliphatic carbocycles. The zero-order valence-corrected chi connectivity index (χ0v) is 13.4. The van der Waals surface area contributed by atoms with Gasteiger partial charge >= 0.3 is 0 Å². The highest BCUT2D eigenvalue weighted by Gasteiger charge is 2.09. The highest BCUT2D eigenvalue weighted by atomic mass is 16.1. The summed E-state index contributed by atoms with van der Waals surface area (Å²) >= 11 is 0. The lowest BCUT2D eigenvalue weighted by Gasteiger charge is -2.06. The van der Waals surface area contributed by atoms with E-state index >= 15 is 0 Å². The van der Waals surface area contributed by atoms with Crippen LogP contribution in [-0.4, -0.2) is 38.1 Å². The summed E-state index contributed by atoms with van der Waals surface area (Å²) < 4.78 is 0. The van der Waals surface area contributed by atoms with Gasteiger partial charge in [-0.25, -0.2) is 0 Å². The van der Waals surface area contributed by atoms with E-state index in [1.165, 1.54) is 10.9 Å². The van der Waals surface area contributed by atoms with Gasteiger partial charge in [-0.15, -0.1) is 10.2 Å². The normalized spacial score (nSPS) is 10.9. The highest BCUT2D eigenvalue weighted by molar-refractivity contribution is 5.95. The Bertz CT molecular complexity index is 1010. The number of rotatable bonds is 5. The van der Waals surface area contributed by atoms with Crippen LogP contribution in [0.5, 0.6) is 0 Å². The van der Waals surface area contributed by atoms with Gasteiger partial charge in [-0.05, 0) is 35.4 Å². The molecule has 2 aromatic heterocycles. The van der Waals surface area contributed by atoms with Crippen molar-refractivity contribution >= 4 is 16.8 Å². The molecule has 0 atom stereocenters. The molecule has 0 radical (unpaired) electrons. The monoisotopic (exact) mass is 332 g/mol. The molecular weight excluding hydrogens is 316 g/mol. The number of hydrogen-bond donors (Lipinski definition) is 3. The van der Waals surface area contributed by atoms with Crippen molar-refractivity contribution < 1.29 is 4.79 Å². The second kappa shape index (κ2) is 6.56. The summed E-state index contributed by atoms with van der Waals surface area (Å²) in [5, 5.41) is 18.0. The van der Waals surface area contributed by atoms with Gasteiger partial charge in [-0.3, -0.25) is 4.79 Å². The molecule has 7 nitrogen and oxygen atoms in total. The maximum atomic E-state index is 12.4. The number of hydrogen-bond acceptors (Lipinski definition) is 4. The van der Waals surface area contributed by atoms with E-state index in [1.807, 2.05) is 30.5 Å². The number of aromatic amines is 2. The standard InChI is InChI=1S/C18H16N6O/c25-18(13-5-3-4-12(10-13)17-21-23-24-22-17)19-9-8-14-11-20-16-7-2-1-6-15(14)16/h1-7,10-11,20H,8-9H2,(H,19,25)(H,21,22,23,24). The van der Waals surface area contributed by atoms with Gasteiger partial charge < -0.3 is 10.3 Å². The zero-order chi connectivity index (χ0) is 17.1. The van der Waals surface area contributed by atoms with E-state index in [0.29, 0.717) is 17.9 Å². The van der Waals surface area contributed by atoms with Gasteiger partial charge in [0.2, 0.25) is 5.82 Å². The maximum Gasteiger partial charge on any atom is 0.251 e. The first-order chi connectivity index (χ1) is 12.3. The molecule has 0 aliphatic heterocycles. The minimum Gasteiger partial charge on any atom is -0.361 e. The molecule has 1 amide bonds. The van der Waals surface area contributed by atoms with Crippen LogP contribution >= 0.6 is 0 Å². The molecule has 2 heterocycles. The Kier molecular flexibility index (Phi) is 3.96. The first kappa shape index (κ1) is 15.1. The number of H-pyrrole nitrogens is 2. The Labute approximate surface area is 143 Å². The van der Waals surface area contributed by atoms with Crippen LogP contribution in [0.2, 0.25) is 0 Å². The molecular formula is C18H16N6O. The summed E-state index contributed by atoms with van der Waals surface area (Å²) in [5.41, 5.74) is 3.62. The number of fused-ring (bicyclic) bond motifs is 1. The second-order valence-corrected chi connectivity index (χ2v) is 5.68. The maximum absolute atomic E-state index is 12.4. The number of nitrogens with zero attached hydrogens (tertiary/aromatic N) is 3. The summed E-state index contributed by atoms with van der Waals surface area (Å²) in [4.78, 5) is 15.6. The van der Waals surface area contributed by atoms with E-state index < -0.39 is 0 Å². The number of tetrazole rings is 1. The molecule has 3 N–H and O–H groups in total. The summed E-state index contributed by atoms with van der Waals surface area (Å²) in [6, 6.07) is 15.3. The Morgan fingerprint density at radius 2 is 2.04 bits per heavy atom. The summed E-state index contributed by atoms with van der Waals surface area (Å²) in [6.45, 7) is 0.563. The number of carbonyl (C=O) groups is 1. The van der Waals surface area contributed by atoms with Crippen LogP contribution in [0.4, 0.5) is 0 Å². The highest BCUT2D eigenvalue weighted by Crippen LogP contribution is 2.18. The van der Waals surface area contributed by atoms with E-state index in [4.69, 9.17) is 0 Å². The number of aromatic nitrogens is 5. The van der Waals surface area contributed by atoms with Crippen LogP contribution in [0, 0.1) is 0 Å². The van der Waals surface area contributed by atoms with Crippen molar-refractivity contribution in [3.63, 3.8) is 0 Å². The van der Waals surface area contributed by atoms with Gasteiger partial charge in [0, 0.05) is 34.8 Å². The molecule has 0 spiro atoms. The summed E-state index contributed by atoms with van der Waals surface area (Å²) in [7, 11) is 0. The minimum atomic E-state index is -0.120. The smallest absolute Gasteiger partial charge is 0.251 e. The van der Waals surface area contributed by atoms with E-state index in [2.05, 4.69) is 37.0 Å². The van der Waals surface area contributed by atoms with Gasteiger partial charge in [-0.2, -0.15) is 5.21 Å². The number of nitrogens with one attached hydrogen (secondary N) is 3. The molecule has 4 rings (SSSR count). The van der Waals surface area contributed by atoms with Crippen LogP contribution in [0.25, 0.3) is 22.3 Å². The van der Waals surface area contributed by atoms with Crippen molar-refractivity contribution in [2.75, 3.05) is 6.54 Å². The lowest BCUT2D eigenvalue weighted by Crippen LogP contribution is -2.25. The Morgan fingerprint density at radius 1 is 1.12 bits per heavy atom. The third-order valence-electron chi connectivity index (χ3n) is 4.08. The molecule has 25 heavy (non-hydrogen) atoms. The Morgan fingerprint density at radius 3 is 2.92 bits per heavy atom. The zero-order valence-electron chi connectivity index (χ0n) is 13.4. The van der Waals surface area contributed by atoms with Crippen LogP contribution in [0.3, 0.4) is 0 Å². The Balaban J connectivity index is 1.42. The van der Waals surface area contributed by atoms with E-state index in [9.17, 15) is 4.79 Å². The number of para-hydroxylation sites is 1. The first-order valence-corrected chi connectivity index (χ1v) is 7.98. The average Bonchev–Trinajstić information content (AvgIpc) is 3.32. The first-order valence-electron chi connectivity index (χ1n) is 7.98. The van der Waals surface area contributed by atoms with Crippen LogP contribution in [0.15, 0.2) is 54.7 Å². The van der Waals surface area contributed by atoms with E-state index in [0.717, 1.165) is 17.5 Å². The molecule has 2 aromatic carbocycles. The summed E-state index contributed by atoms with van der Waals surface area (Å²) in [5.74, 6) is 0.346. The number of benzene rings is 2. The van der Waals surface area contributed by atoms with Crippen molar-refractivity contribution in [3.8, 4) is 11.4 Å². The molecule has 7 heteroatoms. The van der Waals surface area contributed by atoms with Crippen LogP contribution in [0.1, 0.15) is 15.9 Å². The second-order valence-electron chi connectivity index (χ2n) is 5.68. The largest absolute Gasteiger partial charge is 0.361 e. The van der Waals surface area contributed by atoms with E-state index in [1.54, 1.807) is 18.2 Å². The fourth-order valence-corrected chi connectivity index (χ4v) is 2.83. The van der Waals surface area contributed by atoms with Crippen molar-refractivity contribution in [1.29, 1.82) is 0 Å². The van der Waals surface area contributed by atoms with Crippen molar-refractivity contribution in [3.05, 3.63) is 65.9 Å². The predicted octanol–water partition coefficient (Wildman–Crippen LogP) is 2.32. The van der Waals surface area contributed by atoms with E-state index in [-0.39, 0.29) is 5.91 Å². The minimum absolute atomic E-state index is 0.120. The quantitative estimate of drug-likeness (QED) is 0.522. The molecule has 0 fully saturated rings. The number of amides is 1. The van der Waals surface area contributed by atoms with Crippen LogP contribution < -0.4 is 5.32 Å². The van der Waals surface area contributed by atoms with Gasteiger partial charge in [-0.1, -0.05) is 30.3 Å². The number of carbonyl (C=O) groups excluding carboxylic acids is 1. The third kappa shape index (κ3) is 3.12. The predicted molar refractivity (Wildman–Crippen MR) is 93.9 cm³/mol. The van der Waals surface area contributed by atoms with Crippen molar-refractivity contribution in [1.82, 2.24) is 30.9 Å². The average molecular weight is 332 g/mol. The molecule has 0 bridgehead atoms. The fourth-order valence-electron chi connectivity index (χ4n) is 2.83.